The van der Waals surface area contributed by atoms with Crippen LogP contribution >= 0.6 is 0 Å². The van der Waals surface area contributed by atoms with Crippen LogP contribution in [0.3, 0.4) is 0 Å². The fourth-order valence-electron chi connectivity index (χ4n) is 4.02. The minimum absolute atomic E-state index is 0.00928. The van der Waals surface area contributed by atoms with Gasteiger partial charge >= 0.3 is 0 Å². The van der Waals surface area contributed by atoms with Crippen molar-refractivity contribution in [1.82, 2.24) is 20.0 Å². The van der Waals surface area contributed by atoms with Crippen molar-refractivity contribution in [3.05, 3.63) is 56.8 Å². The maximum Gasteiger partial charge on any atom is 0.269 e. The molecule has 3 heterocycles. The number of rotatable bonds is 3. The van der Waals surface area contributed by atoms with Crippen LogP contribution < -0.4 is 10.9 Å². The first kappa shape index (κ1) is 20.1. The predicted octanol–water partition coefficient (Wildman–Crippen LogP) is 1.16. The Hall–Kier alpha value is -3.23. The Labute approximate surface area is 173 Å². The summed E-state index contributed by atoms with van der Waals surface area (Å²) in [6, 6.07) is 4.47. The molecule has 2 aliphatic rings. The van der Waals surface area contributed by atoms with E-state index in [4.69, 9.17) is 0 Å². The Balaban J connectivity index is 1.55. The summed E-state index contributed by atoms with van der Waals surface area (Å²) < 4.78 is 14.5. The summed E-state index contributed by atoms with van der Waals surface area (Å²) >= 11 is 0. The van der Waals surface area contributed by atoms with E-state index in [-0.39, 0.29) is 22.9 Å². The number of halogens is 1. The lowest BCUT2D eigenvalue weighted by Gasteiger charge is -2.34. The zero-order valence-electron chi connectivity index (χ0n) is 16.8. The topological polar surface area (TPSA) is 98.4 Å². The first-order chi connectivity index (χ1) is 14.4. The lowest BCUT2D eigenvalue weighted by atomic mass is 9.99. The summed E-state index contributed by atoms with van der Waals surface area (Å²) in [4.78, 5) is 39.6. The summed E-state index contributed by atoms with van der Waals surface area (Å²) in [7, 11) is 0. The van der Waals surface area contributed by atoms with Crippen LogP contribution in [0.1, 0.15) is 40.5 Å². The van der Waals surface area contributed by atoms with Gasteiger partial charge in [0.15, 0.2) is 0 Å². The van der Waals surface area contributed by atoms with E-state index in [0.717, 1.165) is 24.2 Å². The molecule has 158 valence electrons. The number of anilines is 1. The normalized spacial score (nSPS) is 16.1. The third-order valence-corrected chi connectivity index (χ3v) is 5.71. The molecule has 2 aromatic rings. The molecule has 4 rings (SSSR count). The van der Waals surface area contributed by atoms with Gasteiger partial charge in [-0.05, 0) is 30.5 Å². The van der Waals surface area contributed by atoms with Crippen LogP contribution in [0, 0.1) is 5.82 Å². The van der Waals surface area contributed by atoms with E-state index in [9.17, 15) is 18.8 Å². The van der Waals surface area contributed by atoms with Gasteiger partial charge in [0.25, 0.3) is 11.5 Å². The van der Waals surface area contributed by atoms with Crippen LogP contribution in [-0.2, 0) is 17.6 Å². The summed E-state index contributed by atoms with van der Waals surface area (Å²) in [5.74, 6) is -0.986. The molecule has 2 amide bonds. The monoisotopic (exact) mass is 413 g/mol. The second-order valence-corrected chi connectivity index (χ2v) is 7.67. The van der Waals surface area contributed by atoms with Crippen LogP contribution in [0.5, 0.6) is 0 Å². The number of carbonyl (C=O) groups is 2. The van der Waals surface area contributed by atoms with Crippen molar-refractivity contribution in [2.24, 2.45) is 0 Å². The predicted molar refractivity (Wildman–Crippen MR) is 109 cm³/mol. The lowest BCUT2D eigenvalue weighted by molar-refractivity contribution is -0.130. The van der Waals surface area contributed by atoms with Crippen molar-refractivity contribution in [3.8, 4) is 0 Å². The molecule has 9 heteroatoms. The zero-order chi connectivity index (χ0) is 21.3. The smallest absolute Gasteiger partial charge is 0.269 e. The Morgan fingerprint density at radius 2 is 1.90 bits per heavy atom. The number of carbonyl (C=O) groups excluding carboxylic acids is 2. The number of aromatic nitrogens is 2. The van der Waals surface area contributed by atoms with Gasteiger partial charge in [-0.1, -0.05) is 6.07 Å². The molecule has 1 aromatic heterocycles. The number of nitrogens with zero attached hydrogens (tertiary/aromatic N) is 3. The molecule has 2 N–H and O–H groups in total. The molecule has 0 atom stereocenters. The SMILES string of the molecule is CC(=O)N1CCN(C(=O)c2cc(Cc3n[nH]c(=O)c4c3NCCC4)ccc2F)CC1. The van der Waals surface area contributed by atoms with E-state index >= 15 is 0 Å². The number of nitrogens with one attached hydrogen (secondary N) is 2. The molecule has 30 heavy (non-hydrogen) atoms. The Kier molecular flexibility index (Phi) is 5.52. The summed E-state index contributed by atoms with van der Waals surface area (Å²) in [5, 5.41) is 9.95. The second-order valence-electron chi connectivity index (χ2n) is 7.67. The van der Waals surface area contributed by atoms with E-state index in [2.05, 4.69) is 15.5 Å². The fraction of sp³-hybridized carbons (Fsp3) is 0.429. The molecule has 0 bridgehead atoms. The first-order valence-electron chi connectivity index (χ1n) is 10.1. The van der Waals surface area contributed by atoms with Gasteiger partial charge in [-0.25, -0.2) is 9.49 Å². The van der Waals surface area contributed by atoms with Crippen molar-refractivity contribution in [1.29, 1.82) is 0 Å². The highest BCUT2D eigenvalue weighted by atomic mass is 19.1. The van der Waals surface area contributed by atoms with Crippen LogP contribution in [0.2, 0.25) is 0 Å². The number of piperazine rings is 1. The number of hydrogen-bond donors (Lipinski definition) is 2. The Morgan fingerprint density at radius 1 is 1.17 bits per heavy atom. The lowest BCUT2D eigenvalue weighted by Crippen LogP contribution is -2.50. The number of fused-ring (bicyclic) bond motifs is 1. The van der Waals surface area contributed by atoms with Gasteiger partial charge in [0.1, 0.15) is 5.82 Å². The largest absolute Gasteiger partial charge is 0.383 e. The zero-order valence-corrected chi connectivity index (χ0v) is 16.8. The van der Waals surface area contributed by atoms with Crippen molar-refractivity contribution in [3.63, 3.8) is 0 Å². The van der Waals surface area contributed by atoms with Gasteiger partial charge in [-0.3, -0.25) is 14.4 Å². The Bertz CT molecular complexity index is 1040. The number of aromatic amines is 1. The molecule has 2 aliphatic heterocycles. The van der Waals surface area contributed by atoms with E-state index in [1.165, 1.54) is 13.0 Å². The maximum absolute atomic E-state index is 14.5. The molecule has 0 aliphatic carbocycles. The standard InChI is InChI=1S/C21H24FN5O3/c1-13(28)26-7-9-27(10-8-26)21(30)16-11-14(4-5-17(16)22)12-18-19-15(3-2-6-23-19)20(29)25-24-18/h4-5,11,23H,2-3,6-10,12H2,1H3,(H,25,29). The molecular weight excluding hydrogens is 389 g/mol. The van der Waals surface area contributed by atoms with Crippen molar-refractivity contribution < 1.29 is 14.0 Å². The third kappa shape index (κ3) is 3.92. The number of amides is 2. The van der Waals surface area contributed by atoms with E-state index in [0.29, 0.717) is 50.3 Å². The second kappa shape index (κ2) is 8.25. The molecule has 1 fully saturated rings. The molecule has 0 radical (unpaired) electrons. The van der Waals surface area contributed by atoms with E-state index in [1.54, 1.807) is 21.9 Å². The Morgan fingerprint density at radius 3 is 2.63 bits per heavy atom. The number of hydrogen-bond acceptors (Lipinski definition) is 5. The highest BCUT2D eigenvalue weighted by Crippen LogP contribution is 2.24. The highest BCUT2D eigenvalue weighted by molar-refractivity contribution is 5.95. The molecule has 0 spiro atoms. The molecule has 8 nitrogen and oxygen atoms in total. The van der Waals surface area contributed by atoms with Crippen molar-refractivity contribution in [2.45, 2.75) is 26.2 Å². The van der Waals surface area contributed by atoms with E-state index in [1.807, 2.05) is 0 Å². The average Bonchev–Trinajstić information content (AvgIpc) is 2.76. The van der Waals surface area contributed by atoms with Gasteiger partial charge in [0.2, 0.25) is 5.91 Å². The van der Waals surface area contributed by atoms with Crippen LogP contribution in [-0.4, -0.2) is 64.5 Å². The van der Waals surface area contributed by atoms with Gasteiger partial charge < -0.3 is 15.1 Å². The quantitative estimate of drug-likeness (QED) is 0.787. The summed E-state index contributed by atoms with van der Waals surface area (Å²) in [6.07, 6.45) is 1.93. The van der Waals surface area contributed by atoms with Crippen LogP contribution in [0.4, 0.5) is 10.1 Å². The fourth-order valence-corrected chi connectivity index (χ4v) is 4.02. The molecule has 1 saturated heterocycles. The molecular formula is C21H24FN5O3. The van der Waals surface area contributed by atoms with Gasteiger partial charge in [0, 0.05) is 51.6 Å². The van der Waals surface area contributed by atoms with Crippen LogP contribution in [0.15, 0.2) is 23.0 Å². The summed E-state index contributed by atoms with van der Waals surface area (Å²) in [6.45, 7) is 3.91. The van der Waals surface area contributed by atoms with Crippen molar-refractivity contribution >= 4 is 17.5 Å². The van der Waals surface area contributed by atoms with E-state index < -0.39 is 5.82 Å². The average molecular weight is 413 g/mol. The third-order valence-electron chi connectivity index (χ3n) is 5.71. The minimum atomic E-state index is -0.577. The molecule has 0 unspecified atom stereocenters. The minimum Gasteiger partial charge on any atom is -0.383 e. The highest BCUT2D eigenvalue weighted by Gasteiger charge is 2.25. The molecule has 1 aromatic carbocycles. The first-order valence-corrected chi connectivity index (χ1v) is 10.1. The van der Waals surface area contributed by atoms with Gasteiger partial charge in [-0.2, -0.15) is 5.10 Å². The van der Waals surface area contributed by atoms with Gasteiger partial charge in [0.05, 0.1) is 16.9 Å². The maximum atomic E-state index is 14.5. The van der Waals surface area contributed by atoms with Gasteiger partial charge in [-0.15, -0.1) is 0 Å². The summed E-state index contributed by atoms with van der Waals surface area (Å²) in [5.41, 5.74) is 2.65. The molecule has 0 saturated carbocycles. The van der Waals surface area contributed by atoms with Crippen molar-refractivity contribution in [2.75, 3.05) is 38.0 Å². The van der Waals surface area contributed by atoms with Crippen LogP contribution in [0.25, 0.3) is 0 Å². The number of H-pyrrole nitrogens is 1. The number of benzene rings is 1.